The first-order chi connectivity index (χ1) is 9.47. The molecule has 0 fully saturated rings. The Morgan fingerprint density at radius 2 is 1.30 bits per heavy atom. The van der Waals surface area contributed by atoms with Crippen molar-refractivity contribution in [3.05, 3.63) is 47.6 Å². The molecule has 0 radical (unpaired) electrons. The maximum Gasteiger partial charge on any atom is 0.338 e. The highest BCUT2D eigenvalue weighted by atomic mass is 16.5. The molecule has 106 valence electrons. The molecule has 4 heteroatoms. The van der Waals surface area contributed by atoms with Gasteiger partial charge < -0.3 is 9.47 Å². The van der Waals surface area contributed by atoms with Crippen molar-refractivity contribution in [2.75, 3.05) is 0 Å². The van der Waals surface area contributed by atoms with Crippen LogP contribution in [0.25, 0.3) is 0 Å². The van der Waals surface area contributed by atoms with Crippen molar-refractivity contribution in [3.63, 3.8) is 0 Å². The maximum absolute atomic E-state index is 11.6. The van der Waals surface area contributed by atoms with E-state index in [0.29, 0.717) is 22.6 Å². The van der Waals surface area contributed by atoms with Crippen molar-refractivity contribution in [3.8, 4) is 11.5 Å². The molecule has 0 aliphatic carbocycles. The third-order valence-corrected chi connectivity index (χ3v) is 2.74. The smallest absolute Gasteiger partial charge is 0.338 e. The average Bonchev–Trinajstić information content (AvgIpc) is 2.45. The molecule has 0 aliphatic rings. The van der Waals surface area contributed by atoms with Gasteiger partial charge in [-0.2, -0.15) is 0 Å². The van der Waals surface area contributed by atoms with Crippen molar-refractivity contribution in [2.45, 2.75) is 27.7 Å². The van der Waals surface area contributed by atoms with E-state index >= 15 is 0 Å². The summed E-state index contributed by atoms with van der Waals surface area (Å²) < 4.78 is 10.3. The molecule has 0 unspecified atom stereocenters. The number of esters is 2. The second-order valence-corrected chi connectivity index (χ2v) is 4.20. The van der Waals surface area contributed by atoms with Gasteiger partial charge >= 0.3 is 11.9 Å². The molecular weight excluding hydrogens is 256 g/mol. The molecule has 1 rings (SSSR count). The molecule has 1 aromatic rings. The fourth-order valence-electron chi connectivity index (χ4n) is 1.21. The molecular formula is C16H18O4. The lowest BCUT2D eigenvalue weighted by Gasteiger charge is -2.07. The summed E-state index contributed by atoms with van der Waals surface area (Å²) in [5.74, 6) is -0.194. The van der Waals surface area contributed by atoms with Crippen LogP contribution in [-0.2, 0) is 9.59 Å². The number of hydrogen-bond acceptors (Lipinski definition) is 4. The first-order valence-corrected chi connectivity index (χ1v) is 6.28. The second kappa shape index (κ2) is 7.28. The predicted molar refractivity (Wildman–Crippen MR) is 76.6 cm³/mol. The minimum Gasteiger partial charge on any atom is -0.423 e. The van der Waals surface area contributed by atoms with E-state index in [0.717, 1.165) is 0 Å². The summed E-state index contributed by atoms with van der Waals surface area (Å²) in [4.78, 5) is 23.2. The maximum atomic E-state index is 11.6. The number of carbonyl (C=O) groups excluding carboxylic acids is 2. The van der Waals surface area contributed by atoms with Crippen LogP contribution in [0, 0.1) is 0 Å². The summed E-state index contributed by atoms with van der Waals surface area (Å²) in [5.41, 5.74) is 1.02. The number of benzene rings is 1. The number of rotatable bonds is 4. The average molecular weight is 274 g/mol. The van der Waals surface area contributed by atoms with Gasteiger partial charge in [-0.15, -0.1) is 0 Å². The van der Waals surface area contributed by atoms with Crippen LogP contribution in [0.3, 0.4) is 0 Å². The summed E-state index contributed by atoms with van der Waals surface area (Å²) in [6.45, 7) is 6.85. The van der Waals surface area contributed by atoms with Crippen LogP contribution in [0.4, 0.5) is 0 Å². The molecule has 0 spiro atoms. The minimum absolute atomic E-state index is 0.333. The molecule has 0 N–H and O–H groups in total. The number of ether oxygens (including phenoxy) is 2. The van der Waals surface area contributed by atoms with Gasteiger partial charge in [0, 0.05) is 17.2 Å². The Kier molecular flexibility index (Phi) is 5.72. The molecule has 0 atom stereocenters. The lowest BCUT2D eigenvalue weighted by atomic mass is 10.3. The number of carbonyl (C=O) groups is 2. The van der Waals surface area contributed by atoms with Gasteiger partial charge in [0.25, 0.3) is 0 Å². The lowest BCUT2D eigenvalue weighted by Crippen LogP contribution is -2.10. The van der Waals surface area contributed by atoms with Crippen LogP contribution >= 0.6 is 0 Å². The highest BCUT2D eigenvalue weighted by Crippen LogP contribution is 2.21. The standard InChI is InChI=1S/C16H18O4/c1-5-11(3)15(17)19-13-8-7-9-14(10-13)20-16(18)12(4)6-2/h5-10H,1-4H3. The van der Waals surface area contributed by atoms with Gasteiger partial charge in [0.1, 0.15) is 11.5 Å². The third-order valence-electron chi connectivity index (χ3n) is 2.74. The topological polar surface area (TPSA) is 52.6 Å². The van der Waals surface area contributed by atoms with Crippen LogP contribution in [0.1, 0.15) is 27.7 Å². The van der Waals surface area contributed by atoms with E-state index in [1.807, 2.05) is 0 Å². The molecule has 0 heterocycles. The molecule has 0 aliphatic heterocycles. The van der Waals surface area contributed by atoms with Gasteiger partial charge in [0.05, 0.1) is 0 Å². The Balaban J connectivity index is 2.81. The van der Waals surface area contributed by atoms with E-state index in [9.17, 15) is 9.59 Å². The zero-order valence-electron chi connectivity index (χ0n) is 12.1. The third kappa shape index (κ3) is 4.39. The van der Waals surface area contributed by atoms with Crippen molar-refractivity contribution >= 4 is 11.9 Å². The summed E-state index contributed by atoms with van der Waals surface area (Å²) in [5, 5.41) is 0. The van der Waals surface area contributed by atoms with Crippen LogP contribution in [0.5, 0.6) is 11.5 Å². The van der Waals surface area contributed by atoms with Gasteiger partial charge in [0.15, 0.2) is 0 Å². The van der Waals surface area contributed by atoms with E-state index in [2.05, 4.69) is 0 Å². The Labute approximate surface area is 118 Å². The molecule has 4 nitrogen and oxygen atoms in total. The van der Waals surface area contributed by atoms with Gasteiger partial charge in [-0.25, -0.2) is 9.59 Å². The fraction of sp³-hybridized carbons (Fsp3) is 0.250. The Morgan fingerprint density at radius 3 is 1.65 bits per heavy atom. The van der Waals surface area contributed by atoms with Crippen LogP contribution in [-0.4, -0.2) is 11.9 Å². The van der Waals surface area contributed by atoms with E-state index in [-0.39, 0.29) is 0 Å². The highest BCUT2D eigenvalue weighted by Gasteiger charge is 2.10. The predicted octanol–water partition coefficient (Wildman–Crippen LogP) is 3.43. The molecule has 0 aromatic heterocycles. The van der Waals surface area contributed by atoms with Crippen molar-refractivity contribution in [2.24, 2.45) is 0 Å². The second-order valence-electron chi connectivity index (χ2n) is 4.20. The highest BCUT2D eigenvalue weighted by molar-refractivity contribution is 5.90. The molecule has 0 saturated carbocycles. The molecule has 0 saturated heterocycles. The normalized spacial score (nSPS) is 12.0. The van der Waals surface area contributed by atoms with Gasteiger partial charge in [-0.1, -0.05) is 18.2 Å². The fourth-order valence-corrected chi connectivity index (χ4v) is 1.21. The van der Waals surface area contributed by atoms with E-state index in [1.54, 1.807) is 58.0 Å². The summed E-state index contributed by atoms with van der Waals surface area (Å²) in [6, 6.07) is 6.41. The summed E-state index contributed by atoms with van der Waals surface area (Å²) >= 11 is 0. The quantitative estimate of drug-likeness (QED) is 0.479. The monoisotopic (exact) mass is 274 g/mol. The number of hydrogen-bond donors (Lipinski definition) is 0. The van der Waals surface area contributed by atoms with Crippen molar-refractivity contribution in [1.29, 1.82) is 0 Å². The zero-order valence-corrected chi connectivity index (χ0v) is 12.1. The van der Waals surface area contributed by atoms with Gasteiger partial charge in [-0.3, -0.25) is 0 Å². The summed E-state index contributed by atoms with van der Waals surface area (Å²) in [6.07, 6.45) is 3.34. The first-order valence-electron chi connectivity index (χ1n) is 6.28. The molecule has 20 heavy (non-hydrogen) atoms. The molecule has 0 amide bonds. The summed E-state index contributed by atoms with van der Waals surface area (Å²) in [7, 11) is 0. The Bertz CT molecular complexity index is 520. The first kappa shape index (κ1) is 15.7. The van der Waals surface area contributed by atoms with Crippen LogP contribution in [0.15, 0.2) is 47.6 Å². The largest absolute Gasteiger partial charge is 0.423 e. The van der Waals surface area contributed by atoms with Crippen LogP contribution < -0.4 is 9.47 Å². The van der Waals surface area contributed by atoms with Gasteiger partial charge in [0.2, 0.25) is 0 Å². The van der Waals surface area contributed by atoms with E-state index < -0.39 is 11.9 Å². The lowest BCUT2D eigenvalue weighted by molar-refractivity contribution is -0.130. The Hall–Kier alpha value is -2.36. The molecule has 0 bridgehead atoms. The van der Waals surface area contributed by atoms with Crippen molar-refractivity contribution < 1.29 is 19.1 Å². The van der Waals surface area contributed by atoms with E-state index in [1.165, 1.54) is 6.07 Å². The minimum atomic E-state index is -0.430. The van der Waals surface area contributed by atoms with E-state index in [4.69, 9.17) is 9.47 Å². The SMILES string of the molecule is CC=C(C)C(=O)Oc1cccc(OC(=O)C(C)=CC)c1. The van der Waals surface area contributed by atoms with Gasteiger partial charge in [-0.05, 0) is 39.8 Å². The van der Waals surface area contributed by atoms with Crippen LogP contribution in [0.2, 0.25) is 0 Å². The molecule has 1 aromatic carbocycles. The van der Waals surface area contributed by atoms with Crippen molar-refractivity contribution in [1.82, 2.24) is 0 Å². The Morgan fingerprint density at radius 1 is 0.900 bits per heavy atom. The zero-order chi connectivity index (χ0) is 15.1. The number of allylic oxidation sites excluding steroid dienone is 2.